The third-order valence-corrected chi connectivity index (χ3v) is 6.46. The summed E-state index contributed by atoms with van der Waals surface area (Å²) in [5.41, 5.74) is 0.650. The molecule has 0 N–H and O–H groups in total. The molecule has 8 heteroatoms. The van der Waals surface area contributed by atoms with Gasteiger partial charge in [0.15, 0.2) is 5.13 Å². The first kappa shape index (κ1) is 22.9. The van der Waals surface area contributed by atoms with E-state index in [4.69, 9.17) is 4.42 Å². The fourth-order valence-electron chi connectivity index (χ4n) is 3.73. The molecule has 0 aliphatic rings. The molecule has 5 rings (SSSR count). The van der Waals surface area contributed by atoms with Crippen LogP contribution in [0.25, 0.3) is 32.0 Å². The van der Waals surface area contributed by atoms with E-state index in [1.165, 1.54) is 11.3 Å². The average Bonchev–Trinajstić information content (AvgIpc) is 3.22. The van der Waals surface area contributed by atoms with E-state index >= 15 is 0 Å². The maximum absolute atomic E-state index is 13.6. The van der Waals surface area contributed by atoms with E-state index in [0.717, 1.165) is 26.4 Å². The maximum Gasteiger partial charge on any atom is 0.349 e. The molecule has 1 amide bonds. The number of anilines is 1. The second-order valence-corrected chi connectivity index (χ2v) is 8.88. The summed E-state index contributed by atoms with van der Waals surface area (Å²) in [5.74, 6) is -0.408. The number of fused-ring (bicyclic) bond motifs is 4. The van der Waals surface area contributed by atoms with E-state index in [1.807, 2.05) is 73.6 Å². The lowest BCUT2D eigenvalue weighted by atomic mass is 10.0. The van der Waals surface area contributed by atoms with Crippen molar-refractivity contribution in [2.75, 3.05) is 32.1 Å². The standard InChI is InChI=1S/C25H21N3O3S.ClH/c1-27(2)13-14-28(25-26-20-9-5-6-10-22(20)32-25)23(29)19-15-18-17-8-4-3-7-16(17)11-12-21(18)31-24(19)30;/h3-12,15H,13-14H2,1-2H3;1H. The molecule has 0 radical (unpaired) electrons. The van der Waals surface area contributed by atoms with Gasteiger partial charge in [-0.05, 0) is 49.1 Å². The Bertz CT molecular complexity index is 1490. The lowest BCUT2D eigenvalue weighted by Gasteiger charge is -2.21. The van der Waals surface area contributed by atoms with E-state index in [9.17, 15) is 9.59 Å². The van der Waals surface area contributed by atoms with Crippen molar-refractivity contribution in [2.45, 2.75) is 0 Å². The van der Waals surface area contributed by atoms with Crippen LogP contribution in [-0.2, 0) is 0 Å². The van der Waals surface area contributed by atoms with Crippen molar-refractivity contribution in [3.8, 4) is 0 Å². The van der Waals surface area contributed by atoms with Gasteiger partial charge >= 0.3 is 5.63 Å². The number of carbonyl (C=O) groups excluding carboxylic acids is 1. The number of rotatable bonds is 5. The highest BCUT2D eigenvalue weighted by Crippen LogP contribution is 2.30. The summed E-state index contributed by atoms with van der Waals surface area (Å²) in [7, 11) is 3.88. The molecule has 0 aliphatic heterocycles. The molecule has 0 fully saturated rings. The van der Waals surface area contributed by atoms with Crippen LogP contribution in [0.1, 0.15) is 10.4 Å². The fourth-order valence-corrected chi connectivity index (χ4v) is 4.72. The van der Waals surface area contributed by atoms with Crippen LogP contribution in [0.5, 0.6) is 0 Å². The van der Waals surface area contributed by atoms with Gasteiger partial charge in [-0.15, -0.1) is 12.4 Å². The molecule has 0 saturated carbocycles. The number of likely N-dealkylation sites (N-methyl/N-ethyl adjacent to an activating group) is 1. The normalized spacial score (nSPS) is 11.2. The highest BCUT2D eigenvalue weighted by atomic mass is 35.5. The molecule has 0 saturated heterocycles. The van der Waals surface area contributed by atoms with Gasteiger partial charge in [0.25, 0.3) is 5.91 Å². The quantitative estimate of drug-likeness (QED) is 0.256. The number of para-hydroxylation sites is 1. The molecular weight excluding hydrogens is 458 g/mol. The molecule has 2 aromatic heterocycles. The highest BCUT2D eigenvalue weighted by Gasteiger charge is 2.25. The van der Waals surface area contributed by atoms with Crippen LogP contribution >= 0.6 is 23.7 Å². The smallest absolute Gasteiger partial charge is 0.349 e. The number of hydrogen-bond donors (Lipinski definition) is 0. The first-order chi connectivity index (χ1) is 15.5. The number of amides is 1. The van der Waals surface area contributed by atoms with Crippen LogP contribution in [-0.4, -0.2) is 43.0 Å². The largest absolute Gasteiger partial charge is 0.422 e. The van der Waals surface area contributed by atoms with Gasteiger partial charge in [-0.3, -0.25) is 9.69 Å². The Labute approximate surface area is 200 Å². The van der Waals surface area contributed by atoms with Crippen LogP contribution in [0.15, 0.2) is 75.9 Å². The van der Waals surface area contributed by atoms with E-state index in [-0.39, 0.29) is 18.0 Å². The highest BCUT2D eigenvalue weighted by molar-refractivity contribution is 7.22. The van der Waals surface area contributed by atoms with E-state index in [2.05, 4.69) is 4.98 Å². The molecule has 0 unspecified atom stereocenters. The van der Waals surface area contributed by atoms with E-state index in [0.29, 0.717) is 23.8 Å². The van der Waals surface area contributed by atoms with Gasteiger partial charge in [0.2, 0.25) is 0 Å². The van der Waals surface area contributed by atoms with Crippen LogP contribution in [0.4, 0.5) is 5.13 Å². The molecule has 0 bridgehead atoms. The second-order valence-electron chi connectivity index (χ2n) is 7.87. The molecule has 0 spiro atoms. The van der Waals surface area contributed by atoms with Gasteiger partial charge < -0.3 is 9.32 Å². The van der Waals surface area contributed by atoms with Gasteiger partial charge in [-0.25, -0.2) is 9.78 Å². The predicted molar refractivity (Wildman–Crippen MR) is 137 cm³/mol. The molecule has 6 nitrogen and oxygen atoms in total. The topological polar surface area (TPSA) is 66.7 Å². The zero-order valence-corrected chi connectivity index (χ0v) is 19.8. The number of thiazole rings is 1. The summed E-state index contributed by atoms with van der Waals surface area (Å²) in [6, 6.07) is 20.9. The molecule has 0 atom stereocenters. The number of aromatic nitrogens is 1. The molecule has 2 heterocycles. The fraction of sp³-hybridized carbons (Fsp3) is 0.160. The van der Waals surface area contributed by atoms with Gasteiger partial charge in [-0.1, -0.05) is 53.8 Å². The Morgan fingerprint density at radius 2 is 1.73 bits per heavy atom. The first-order valence-electron chi connectivity index (χ1n) is 10.3. The second kappa shape index (κ2) is 9.31. The maximum atomic E-state index is 13.6. The Balaban J connectivity index is 0.00000259. The Morgan fingerprint density at radius 1 is 0.970 bits per heavy atom. The molecule has 5 aromatic rings. The SMILES string of the molecule is CN(C)CCN(C(=O)c1cc2c(ccc3ccccc32)oc1=O)c1nc2ccccc2s1.Cl. The molecule has 168 valence electrons. The molecule has 3 aromatic carbocycles. The van der Waals surface area contributed by atoms with Crippen molar-refractivity contribution in [3.63, 3.8) is 0 Å². The number of nitrogens with zero attached hydrogens (tertiary/aromatic N) is 3. The van der Waals surface area contributed by atoms with Crippen LogP contribution in [0.3, 0.4) is 0 Å². The molecule has 33 heavy (non-hydrogen) atoms. The third-order valence-electron chi connectivity index (χ3n) is 5.40. The van der Waals surface area contributed by atoms with Gasteiger partial charge in [0.05, 0.1) is 10.2 Å². The Kier molecular flexibility index (Phi) is 6.47. The summed E-state index contributed by atoms with van der Waals surface area (Å²) >= 11 is 1.43. The van der Waals surface area contributed by atoms with Crippen molar-refractivity contribution >= 4 is 66.7 Å². The zero-order valence-electron chi connectivity index (χ0n) is 18.1. The minimum Gasteiger partial charge on any atom is -0.422 e. The minimum absolute atomic E-state index is 0. The number of halogens is 1. The monoisotopic (exact) mass is 479 g/mol. The van der Waals surface area contributed by atoms with Crippen LogP contribution in [0, 0.1) is 0 Å². The lowest BCUT2D eigenvalue weighted by molar-refractivity contribution is 0.0982. The third kappa shape index (κ3) is 4.35. The number of benzene rings is 3. The predicted octanol–water partition coefficient (Wildman–Crippen LogP) is 5.19. The van der Waals surface area contributed by atoms with E-state index in [1.54, 1.807) is 17.0 Å². The van der Waals surface area contributed by atoms with Crippen molar-refractivity contribution in [1.29, 1.82) is 0 Å². The van der Waals surface area contributed by atoms with Gasteiger partial charge in [-0.2, -0.15) is 0 Å². The number of carbonyl (C=O) groups is 1. The first-order valence-corrected chi connectivity index (χ1v) is 11.1. The molecular formula is C25H22ClN3O3S. The van der Waals surface area contributed by atoms with Crippen molar-refractivity contribution in [1.82, 2.24) is 9.88 Å². The average molecular weight is 480 g/mol. The van der Waals surface area contributed by atoms with Crippen molar-refractivity contribution < 1.29 is 9.21 Å². The lowest BCUT2D eigenvalue weighted by Crippen LogP contribution is -2.38. The van der Waals surface area contributed by atoms with Crippen LogP contribution in [0.2, 0.25) is 0 Å². The van der Waals surface area contributed by atoms with Crippen molar-refractivity contribution in [3.05, 3.63) is 82.7 Å². The van der Waals surface area contributed by atoms with Crippen LogP contribution < -0.4 is 10.5 Å². The van der Waals surface area contributed by atoms with Gasteiger partial charge in [0.1, 0.15) is 11.1 Å². The van der Waals surface area contributed by atoms with Crippen molar-refractivity contribution in [2.24, 2.45) is 0 Å². The Hall–Kier alpha value is -3.26. The zero-order chi connectivity index (χ0) is 22.2. The summed E-state index contributed by atoms with van der Waals surface area (Å²) in [6.45, 7) is 1.03. The Morgan fingerprint density at radius 3 is 2.52 bits per heavy atom. The number of hydrogen-bond acceptors (Lipinski definition) is 6. The minimum atomic E-state index is -0.645. The summed E-state index contributed by atoms with van der Waals surface area (Å²) in [4.78, 5) is 34.7. The summed E-state index contributed by atoms with van der Waals surface area (Å²) in [5, 5.41) is 3.25. The molecule has 0 aliphatic carbocycles. The summed E-state index contributed by atoms with van der Waals surface area (Å²) < 4.78 is 6.55. The summed E-state index contributed by atoms with van der Waals surface area (Å²) in [6.07, 6.45) is 0. The van der Waals surface area contributed by atoms with Gasteiger partial charge in [0, 0.05) is 18.5 Å². The van der Waals surface area contributed by atoms with E-state index < -0.39 is 11.5 Å².